The van der Waals surface area contributed by atoms with E-state index in [0.29, 0.717) is 12.3 Å². The van der Waals surface area contributed by atoms with Gasteiger partial charge in [-0.15, -0.1) is 0 Å². The average Bonchev–Trinajstić information content (AvgIpc) is 2.98. The lowest BCUT2D eigenvalue weighted by atomic mass is 10.1. The van der Waals surface area contributed by atoms with Crippen LogP contribution < -0.4 is 15.4 Å². The van der Waals surface area contributed by atoms with Crippen molar-refractivity contribution in [2.75, 3.05) is 29.9 Å². The van der Waals surface area contributed by atoms with Crippen molar-refractivity contribution in [3.63, 3.8) is 0 Å². The fraction of sp³-hybridized carbons (Fsp3) is 0.368. The summed E-state index contributed by atoms with van der Waals surface area (Å²) in [6.45, 7) is -1.10. The molecule has 0 unspecified atom stereocenters. The molecule has 3 N–H and O–H groups in total. The molecule has 1 amide bonds. The Morgan fingerprint density at radius 1 is 1.18 bits per heavy atom. The molecule has 0 aliphatic carbocycles. The lowest BCUT2D eigenvalue weighted by molar-refractivity contribution is -0.214. The molecule has 0 spiro atoms. The molecule has 8 nitrogen and oxygen atoms in total. The van der Waals surface area contributed by atoms with Crippen molar-refractivity contribution in [2.45, 2.75) is 29.8 Å². The van der Waals surface area contributed by atoms with Crippen LogP contribution in [0.3, 0.4) is 0 Å². The van der Waals surface area contributed by atoms with Crippen LogP contribution in [0.4, 0.5) is 37.8 Å². The van der Waals surface area contributed by atoms with Crippen LogP contribution in [0.2, 0.25) is 0 Å². The second kappa shape index (κ2) is 9.38. The molecule has 15 heteroatoms. The zero-order chi connectivity index (χ0) is 25.3. The first kappa shape index (κ1) is 25.7. The highest BCUT2D eigenvalue weighted by molar-refractivity contribution is 7.89. The Hall–Kier alpha value is -2.91. The maximum atomic E-state index is 13.3. The van der Waals surface area contributed by atoms with Gasteiger partial charge in [-0.25, -0.2) is 18.5 Å². The van der Waals surface area contributed by atoms with Gasteiger partial charge in [-0.05, 0) is 30.7 Å². The lowest BCUT2D eigenvalue weighted by Gasteiger charge is -2.27. The van der Waals surface area contributed by atoms with E-state index in [1.165, 1.54) is 12.1 Å². The van der Waals surface area contributed by atoms with Gasteiger partial charge in [-0.1, -0.05) is 6.07 Å². The number of nitrogens with zero attached hydrogens (tertiary/aromatic N) is 2. The molecular formula is C19H18F6N4O4S. The number of nitrogens with one attached hydrogen (secondary N) is 1. The number of nitrogens with two attached hydrogens (primary N) is 1. The number of alkyl halides is 6. The second-order valence-corrected chi connectivity index (χ2v) is 8.88. The van der Waals surface area contributed by atoms with E-state index < -0.39 is 57.9 Å². The van der Waals surface area contributed by atoms with Crippen molar-refractivity contribution in [3.8, 4) is 0 Å². The first-order valence-corrected chi connectivity index (χ1v) is 11.2. The third kappa shape index (κ3) is 6.15. The molecule has 3 rings (SSSR count). The molecular weight excluding hydrogens is 494 g/mol. The van der Waals surface area contributed by atoms with Gasteiger partial charge in [0.05, 0.1) is 22.6 Å². The van der Waals surface area contributed by atoms with Crippen molar-refractivity contribution in [3.05, 3.63) is 47.7 Å². The van der Waals surface area contributed by atoms with Crippen LogP contribution in [0.25, 0.3) is 0 Å². The number of hydrogen-bond acceptors (Lipinski definition) is 6. The molecule has 1 fully saturated rings. The van der Waals surface area contributed by atoms with Gasteiger partial charge in [0.1, 0.15) is 5.82 Å². The number of sulfonamides is 1. The van der Waals surface area contributed by atoms with Crippen LogP contribution in [0.1, 0.15) is 22.3 Å². The number of primary sulfonamides is 1. The van der Waals surface area contributed by atoms with Crippen molar-refractivity contribution in [1.82, 2.24) is 4.98 Å². The maximum Gasteiger partial charge on any atom is 0.417 e. The summed E-state index contributed by atoms with van der Waals surface area (Å²) in [7, 11) is -4.14. The highest BCUT2D eigenvalue weighted by Gasteiger charge is 2.43. The summed E-state index contributed by atoms with van der Waals surface area (Å²) in [5.41, 5.74) is -2.07. The van der Waals surface area contributed by atoms with Crippen molar-refractivity contribution in [1.29, 1.82) is 0 Å². The van der Waals surface area contributed by atoms with E-state index >= 15 is 0 Å². The molecule has 1 aliphatic heterocycles. The largest absolute Gasteiger partial charge is 0.417 e. The van der Waals surface area contributed by atoms with Gasteiger partial charge in [0, 0.05) is 25.0 Å². The third-order valence-corrected chi connectivity index (χ3v) is 5.71. The molecule has 0 saturated carbocycles. The number of amides is 1. The number of carbonyl (C=O) groups is 1. The summed E-state index contributed by atoms with van der Waals surface area (Å²) in [5.74, 6) is -1.55. The monoisotopic (exact) mass is 512 g/mol. The molecule has 1 aromatic heterocycles. The fourth-order valence-electron chi connectivity index (χ4n) is 3.20. The normalized spacial score (nSPS) is 17.9. The minimum atomic E-state index is -4.88. The van der Waals surface area contributed by atoms with Crippen LogP contribution in [0.5, 0.6) is 0 Å². The summed E-state index contributed by atoms with van der Waals surface area (Å²) >= 11 is 0. The third-order valence-electron chi connectivity index (χ3n) is 4.80. The highest BCUT2D eigenvalue weighted by atomic mass is 32.2. The molecule has 1 atom stereocenters. The minimum absolute atomic E-state index is 0.0634. The number of anilines is 2. The number of rotatable bonds is 4. The van der Waals surface area contributed by atoms with Crippen molar-refractivity contribution < 1.29 is 44.3 Å². The van der Waals surface area contributed by atoms with E-state index in [4.69, 9.17) is 9.88 Å². The van der Waals surface area contributed by atoms with Gasteiger partial charge in [-0.3, -0.25) is 4.79 Å². The summed E-state index contributed by atoms with van der Waals surface area (Å²) in [6, 6.07) is 5.08. The maximum absolute atomic E-state index is 13.3. The number of pyridine rings is 1. The molecule has 2 heterocycles. The van der Waals surface area contributed by atoms with Gasteiger partial charge < -0.3 is 15.0 Å². The Morgan fingerprint density at radius 3 is 2.50 bits per heavy atom. The van der Waals surface area contributed by atoms with Gasteiger partial charge >= 0.3 is 12.4 Å². The Morgan fingerprint density at radius 2 is 1.88 bits per heavy atom. The van der Waals surface area contributed by atoms with E-state index in [1.54, 1.807) is 0 Å². The predicted molar refractivity (Wildman–Crippen MR) is 108 cm³/mol. The van der Waals surface area contributed by atoms with Gasteiger partial charge in [0.2, 0.25) is 10.0 Å². The SMILES string of the molecule is NS(=O)(=O)c1cccc(NC(=O)c2cc(C(F)(F)F)cnc2N2CCCO[C@H](C(F)(F)F)C2)c1. The summed E-state index contributed by atoms with van der Waals surface area (Å²) in [5, 5.41) is 7.27. The summed E-state index contributed by atoms with van der Waals surface area (Å²) in [4.78, 5) is 17.2. The number of aromatic nitrogens is 1. The Bertz CT molecular complexity index is 1170. The Balaban J connectivity index is 2.01. The highest BCUT2D eigenvalue weighted by Crippen LogP contribution is 2.33. The summed E-state index contributed by atoms with van der Waals surface area (Å²) in [6.07, 6.45) is -11.3. The Labute approximate surface area is 189 Å². The van der Waals surface area contributed by atoms with Crippen LogP contribution in [0, 0.1) is 0 Å². The average molecular weight is 512 g/mol. The quantitative estimate of drug-likeness (QED) is 0.609. The molecule has 2 aromatic rings. The molecule has 186 valence electrons. The number of carbonyl (C=O) groups excluding carboxylic acids is 1. The predicted octanol–water partition coefficient (Wildman–Crippen LogP) is 3.16. The number of benzene rings is 1. The van der Waals surface area contributed by atoms with Gasteiger partial charge in [0.15, 0.2) is 6.10 Å². The van der Waals surface area contributed by atoms with Crippen molar-refractivity contribution in [2.24, 2.45) is 5.14 Å². The van der Waals surface area contributed by atoms with Crippen LogP contribution in [-0.4, -0.2) is 51.3 Å². The lowest BCUT2D eigenvalue weighted by Crippen LogP contribution is -2.42. The van der Waals surface area contributed by atoms with Crippen LogP contribution >= 0.6 is 0 Å². The molecule has 0 radical (unpaired) electrons. The fourth-order valence-corrected chi connectivity index (χ4v) is 3.76. The van der Waals surface area contributed by atoms with Crippen LogP contribution in [0.15, 0.2) is 41.4 Å². The van der Waals surface area contributed by atoms with E-state index in [2.05, 4.69) is 10.3 Å². The zero-order valence-corrected chi connectivity index (χ0v) is 18.0. The van der Waals surface area contributed by atoms with Gasteiger partial charge in [-0.2, -0.15) is 26.3 Å². The van der Waals surface area contributed by atoms with E-state index in [-0.39, 0.29) is 30.2 Å². The standard InChI is InChI=1S/C19H18F6N4O4S/c20-18(21,22)11-7-14(17(30)28-12-3-1-4-13(8-12)34(26,31)32)16(27-9-11)29-5-2-6-33-15(10-29)19(23,24)25/h1,3-4,7-9,15H,2,5-6,10H2,(H,28,30)(H2,26,31,32)/t15-/m0/s1. The molecule has 1 aliphatic rings. The van der Waals surface area contributed by atoms with Crippen LogP contribution in [-0.2, 0) is 20.9 Å². The zero-order valence-electron chi connectivity index (χ0n) is 17.2. The molecule has 1 aromatic carbocycles. The van der Waals surface area contributed by atoms with Crippen molar-refractivity contribution >= 4 is 27.4 Å². The van der Waals surface area contributed by atoms with E-state index in [9.17, 15) is 39.6 Å². The first-order chi connectivity index (χ1) is 15.7. The topological polar surface area (TPSA) is 115 Å². The minimum Gasteiger partial charge on any atom is -0.367 e. The molecule has 0 bridgehead atoms. The summed E-state index contributed by atoms with van der Waals surface area (Å²) < 4.78 is 107. The second-order valence-electron chi connectivity index (χ2n) is 7.32. The molecule has 34 heavy (non-hydrogen) atoms. The smallest absolute Gasteiger partial charge is 0.367 e. The van der Waals surface area contributed by atoms with E-state index in [1.807, 2.05) is 0 Å². The van der Waals surface area contributed by atoms with E-state index in [0.717, 1.165) is 17.0 Å². The number of ether oxygens (including phenoxy) is 1. The molecule has 1 saturated heterocycles. The van der Waals surface area contributed by atoms with Gasteiger partial charge in [0.25, 0.3) is 5.91 Å². The number of hydrogen-bond donors (Lipinski definition) is 2. The Kier molecular flexibility index (Phi) is 7.10. The first-order valence-electron chi connectivity index (χ1n) is 9.61. The number of halogens is 6.